The maximum Gasteiger partial charge on any atom is 0.161 e. The lowest BCUT2D eigenvalue weighted by atomic mass is 10.2. The summed E-state index contributed by atoms with van der Waals surface area (Å²) in [6.07, 6.45) is 0. The molecule has 0 spiro atoms. The molecule has 1 N–H and O–H groups in total. The highest BCUT2D eigenvalue weighted by molar-refractivity contribution is 6.17. The smallest absolute Gasteiger partial charge is 0.161 e. The van der Waals surface area contributed by atoms with Crippen LogP contribution in [0.1, 0.15) is 5.56 Å². The fraction of sp³-hybridized carbons (Fsp3) is 0.333. The predicted molar refractivity (Wildman–Crippen MR) is 50.8 cm³/mol. The molecule has 1 aromatic carbocycles. The van der Waals surface area contributed by atoms with E-state index in [0.717, 1.165) is 5.56 Å². The monoisotopic (exact) mass is 202 g/mol. The Balaban J connectivity index is 3.18. The summed E-state index contributed by atoms with van der Waals surface area (Å²) >= 11 is 5.67. The van der Waals surface area contributed by atoms with Crippen LogP contribution in [0.4, 0.5) is 0 Å². The Hall–Kier alpha value is -1.09. The van der Waals surface area contributed by atoms with Crippen molar-refractivity contribution in [3.63, 3.8) is 0 Å². The molecule has 1 aromatic rings. The number of rotatable bonds is 3. The fourth-order valence-electron chi connectivity index (χ4n) is 1.05. The van der Waals surface area contributed by atoms with Gasteiger partial charge in [0.05, 0.1) is 20.1 Å². The van der Waals surface area contributed by atoms with E-state index in [1.807, 2.05) is 0 Å². The zero-order valence-corrected chi connectivity index (χ0v) is 8.26. The molecule has 72 valence electrons. The molecule has 0 aromatic heterocycles. The molecule has 1 rings (SSSR count). The van der Waals surface area contributed by atoms with Gasteiger partial charge in [-0.05, 0) is 6.07 Å². The van der Waals surface area contributed by atoms with Crippen LogP contribution in [0.25, 0.3) is 0 Å². The van der Waals surface area contributed by atoms with Gasteiger partial charge in [0.1, 0.15) is 5.75 Å². The molecule has 3 nitrogen and oxygen atoms in total. The van der Waals surface area contributed by atoms with Crippen molar-refractivity contribution in [1.29, 1.82) is 0 Å². The highest BCUT2D eigenvalue weighted by Crippen LogP contribution is 2.34. The summed E-state index contributed by atoms with van der Waals surface area (Å²) in [6, 6.07) is 3.14. The minimum absolute atomic E-state index is 0.0493. The fourth-order valence-corrected chi connectivity index (χ4v) is 1.26. The standard InChI is InChI=1S/C9H11ClO3/c1-12-8-4-7(11)9(13-2)3-6(8)5-10/h3-4,11H,5H2,1-2H3. The minimum Gasteiger partial charge on any atom is -0.504 e. The Kier molecular flexibility index (Phi) is 3.25. The quantitative estimate of drug-likeness (QED) is 0.764. The Labute approximate surface area is 81.9 Å². The molecule has 0 aliphatic rings. The minimum atomic E-state index is 0.0493. The van der Waals surface area contributed by atoms with E-state index in [0.29, 0.717) is 17.4 Å². The number of phenols is 1. The molecular formula is C9H11ClO3. The summed E-state index contributed by atoms with van der Waals surface area (Å²) < 4.78 is 9.94. The number of hydrogen-bond acceptors (Lipinski definition) is 3. The van der Waals surface area contributed by atoms with E-state index in [2.05, 4.69) is 0 Å². The second-order valence-electron chi connectivity index (χ2n) is 2.47. The maximum absolute atomic E-state index is 9.39. The molecule has 0 bridgehead atoms. The highest BCUT2D eigenvalue weighted by Gasteiger charge is 2.08. The third kappa shape index (κ3) is 1.98. The number of phenolic OH excluding ortho intramolecular Hbond substituents is 1. The van der Waals surface area contributed by atoms with Crippen LogP contribution in [0.3, 0.4) is 0 Å². The van der Waals surface area contributed by atoms with Gasteiger partial charge >= 0.3 is 0 Å². The van der Waals surface area contributed by atoms with Crippen molar-refractivity contribution >= 4 is 11.6 Å². The molecular weight excluding hydrogens is 192 g/mol. The number of hydrogen-bond donors (Lipinski definition) is 1. The van der Waals surface area contributed by atoms with Crippen molar-refractivity contribution in [3.8, 4) is 17.2 Å². The van der Waals surface area contributed by atoms with Crippen LogP contribution in [-0.2, 0) is 5.88 Å². The van der Waals surface area contributed by atoms with Crippen LogP contribution in [0, 0.1) is 0 Å². The van der Waals surface area contributed by atoms with Crippen LogP contribution < -0.4 is 9.47 Å². The van der Waals surface area contributed by atoms with Crippen LogP contribution in [0.15, 0.2) is 12.1 Å². The molecule has 0 aliphatic carbocycles. The van der Waals surface area contributed by atoms with Gasteiger partial charge in [0.25, 0.3) is 0 Å². The van der Waals surface area contributed by atoms with Gasteiger partial charge in [-0.25, -0.2) is 0 Å². The van der Waals surface area contributed by atoms with Gasteiger partial charge in [0, 0.05) is 11.6 Å². The van der Waals surface area contributed by atoms with E-state index >= 15 is 0 Å². The average Bonchev–Trinajstić information content (AvgIpc) is 2.17. The lowest BCUT2D eigenvalue weighted by Gasteiger charge is -2.09. The van der Waals surface area contributed by atoms with Gasteiger partial charge in [-0.15, -0.1) is 11.6 Å². The van der Waals surface area contributed by atoms with Crippen molar-refractivity contribution < 1.29 is 14.6 Å². The van der Waals surface area contributed by atoms with Crippen molar-refractivity contribution in [3.05, 3.63) is 17.7 Å². The molecule has 0 atom stereocenters. The maximum atomic E-state index is 9.39. The van der Waals surface area contributed by atoms with Gasteiger partial charge in [-0.2, -0.15) is 0 Å². The summed E-state index contributed by atoms with van der Waals surface area (Å²) in [5, 5.41) is 9.39. The summed E-state index contributed by atoms with van der Waals surface area (Å²) in [4.78, 5) is 0. The van der Waals surface area contributed by atoms with Gasteiger partial charge in [0.15, 0.2) is 11.5 Å². The topological polar surface area (TPSA) is 38.7 Å². The largest absolute Gasteiger partial charge is 0.504 e. The molecule has 13 heavy (non-hydrogen) atoms. The van der Waals surface area contributed by atoms with Gasteiger partial charge in [-0.1, -0.05) is 0 Å². The zero-order valence-electron chi connectivity index (χ0n) is 7.50. The molecule has 0 heterocycles. The summed E-state index contributed by atoms with van der Waals surface area (Å²) in [6.45, 7) is 0. The SMILES string of the molecule is COc1cc(CCl)c(OC)cc1O. The number of methoxy groups -OCH3 is 2. The van der Waals surface area contributed by atoms with Crippen LogP contribution in [0.2, 0.25) is 0 Å². The second kappa shape index (κ2) is 4.23. The van der Waals surface area contributed by atoms with E-state index in [1.54, 1.807) is 6.07 Å². The Morgan fingerprint density at radius 3 is 2.31 bits per heavy atom. The summed E-state index contributed by atoms with van der Waals surface area (Å²) in [5.74, 6) is 1.33. The molecule has 0 amide bonds. The first-order chi connectivity index (χ1) is 6.22. The number of benzene rings is 1. The number of alkyl halides is 1. The van der Waals surface area contributed by atoms with Crippen LogP contribution in [-0.4, -0.2) is 19.3 Å². The van der Waals surface area contributed by atoms with E-state index in [4.69, 9.17) is 21.1 Å². The second-order valence-corrected chi connectivity index (χ2v) is 2.74. The molecule has 0 unspecified atom stereocenters. The molecule has 4 heteroatoms. The highest BCUT2D eigenvalue weighted by atomic mass is 35.5. The van der Waals surface area contributed by atoms with Gasteiger partial charge in [-0.3, -0.25) is 0 Å². The Bertz CT molecular complexity index is 299. The molecule has 0 aliphatic heterocycles. The van der Waals surface area contributed by atoms with Crippen LogP contribution in [0.5, 0.6) is 17.2 Å². The van der Waals surface area contributed by atoms with Crippen molar-refractivity contribution in [2.45, 2.75) is 5.88 Å². The molecule has 0 saturated carbocycles. The predicted octanol–water partition coefficient (Wildman–Crippen LogP) is 2.15. The Morgan fingerprint density at radius 1 is 1.23 bits per heavy atom. The number of ether oxygens (including phenoxy) is 2. The van der Waals surface area contributed by atoms with Crippen LogP contribution >= 0.6 is 11.6 Å². The lowest BCUT2D eigenvalue weighted by molar-refractivity contribution is 0.364. The average molecular weight is 203 g/mol. The normalized spacial score (nSPS) is 9.77. The molecule has 0 radical (unpaired) electrons. The van der Waals surface area contributed by atoms with Crippen molar-refractivity contribution in [1.82, 2.24) is 0 Å². The van der Waals surface area contributed by atoms with Gasteiger partial charge < -0.3 is 14.6 Å². The molecule has 0 fully saturated rings. The third-order valence-electron chi connectivity index (χ3n) is 1.73. The van der Waals surface area contributed by atoms with E-state index in [9.17, 15) is 5.11 Å². The van der Waals surface area contributed by atoms with E-state index in [-0.39, 0.29) is 5.75 Å². The first-order valence-electron chi connectivity index (χ1n) is 3.72. The lowest BCUT2D eigenvalue weighted by Crippen LogP contribution is -1.92. The Morgan fingerprint density at radius 2 is 1.85 bits per heavy atom. The summed E-state index contributed by atoms with van der Waals surface area (Å²) in [5.41, 5.74) is 0.791. The third-order valence-corrected chi connectivity index (χ3v) is 2.01. The molecule has 0 saturated heterocycles. The van der Waals surface area contributed by atoms with E-state index in [1.165, 1.54) is 20.3 Å². The first-order valence-corrected chi connectivity index (χ1v) is 4.26. The zero-order chi connectivity index (χ0) is 9.84. The summed E-state index contributed by atoms with van der Waals surface area (Å²) in [7, 11) is 3.01. The van der Waals surface area contributed by atoms with E-state index < -0.39 is 0 Å². The van der Waals surface area contributed by atoms with Crippen molar-refractivity contribution in [2.75, 3.05) is 14.2 Å². The van der Waals surface area contributed by atoms with Crippen molar-refractivity contribution in [2.24, 2.45) is 0 Å². The number of halogens is 1. The number of aromatic hydroxyl groups is 1. The van der Waals surface area contributed by atoms with Gasteiger partial charge in [0.2, 0.25) is 0 Å². The first kappa shape index (κ1) is 9.99.